The summed E-state index contributed by atoms with van der Waals surface area (Å²) in [5, 5.41) is 0.611. The first-order valence-electron chi connectivity index (χ1n) is 3.05. The minimum atomic E-state index is 0.333. The lowest BCUT2D eigenvalue weighted by Gasteiger charge is -2.12. The molecule has 0 radical (unpaired) electrons. The van der Waals surface area contributed by atoms with Crippen molar-refractivity contribution in [3.05, 3.63) is 0 Å². The van der Waals surface area contributed by atoms with Gasteiger partial charge in [-0.1, -0.05) is 13.8 Å². The summed E-state index contributed by atoms with van der Waals surface area (Å²) < 4.78 is 0. The SMILES string of the molecule is CCSC(C)C(C)N. The minimum Gasteiger partial charge on any atom is -0.327 e. The van der Waals surface area contributed by atoms with E-state index in [-0.39, 0.29) is 0 Å². The Morgan fingerprint density at radius 2 is 2.00 bits per heavy atom. The first-order valence-corrected chi connectivity index (χ1v) is 4.10. The highest BCUT2D eigenvalue weighted by molar-refractivity contribution is 7.99. The third kappa shape index (κ3) is 3.33. The zero-order valence-electron chi connectivity index (χ0n) is 5.85. The fraction of sp³-hybridized carbons (Fsp3) is 1.00. The largest absolute Gasteiger partial charge is 0.327 e. The summed E-state index contributed by atoms with van der Waals surface area (Å²) in [5.74, 6) is 1.17. The smallest absolute Gasteiger partial charge is 0.0167 e. The molecule has 0 aromatic carbocycles. The summed E-state index contributed by atoms with van der Waals surface area (Å²) in [5.41, 5.74) is 5.60. The van der Waals surface area contributed by atoms with Gasteiger partial charge in [0.15, 0.2) is 0 Å². The van der Waals surface area contributed by atoms with Crippen LogP contribution < -0.4 is 5.73 Å². The number of hydrogen-bond acceptors (Lipinski definition) is 2. The standard InChI is InChI=1S/C6H15NS/c1-4-8-6(3)5(2)7/h5-6H,4,7H2,1-3H3. The predicted octanol–water partition coefficient (Wildman–Crippen LogP) is 1.48. The summed E-state index contributed by atoms with van der Waals surface area (Å²) in [6, 6.07) is 0.333. The highest BCUT2D eigenvalue weighted by Crippen LogP contribution is 2.10. The molecular weight excluding hydrogens is 118 g/mol. The average Bonchev–Trinajstić information content (AvgIpc) is 1.67. The van der Waals surface area contributed by atoms with Gasteiger partial charge in [-0.25, -0.2) is 0 Å². The van der Waals surface area contributed by atoms with Crippen LogP contribution in [0.1, 0.15) is 20.8 Å². The first-order chi connectivity index (χ1) is 3.68. The molecule has 0 aliphatic rings. The molecule has 0 bridgehead atoms. The summed E-state index contributed by atoms with van der Waals surface area (Å²) in [4.78, 5) is 0. The van der Waals surface area contributed by atoms with Crippen LogP contribution in [0.25, 0.3) is 0 Å². The lowest BCUT2D eigenvalue weighted by atomic mass is 10.3. The van der Waals surface area contributed by atoms with Gasteiger partial charge in [0.2, 0.25) is 0 Å². The molecule has 0 aliphatic heterocycles. The van der Waals surface area contributed by atoms with Gasteiger partial charge in [0, 0.05) is 11.3 Å². The molecule has 8 heavy (non-hydrogen) atoms. The van der Waals surface area contributed by atoms with Crippen LogP contribution >= 0.6 is 11.8 Å². The second-order valence-electron chi connectivity index (χ2n) is 2.02. The molecule has 0 saturated carbocycles. The van der Waals surface area contributed by atoms with Crippen molar-refractivity contribution in [1.29, 1.82) is 0 Å². The van der Waals surface area contributed by atoms with Crippen molar-refractivity contribution in [3.63, 3.8) is 0 Å². The van der Waals surface area contributed by atoms with Crippen molar-refractivity contribution in [2.24, 2.45) is 5.73 Å². The van der Waals surface area contributed by atoms with Gasteiger partial charge in [0.25, 0.3) is 0 Å². The van der Waals surface area contributed by atoms with Gasteiger partial charge < -0.3 is 5.73 Å². The second-order valence-corrected chi connectivity index (χ2v) is 3.67. The van der Waals surface area contributed by atoms with Gasteiger partial charge in [-0.2, -0.15) is 11.8 Å². The van der Waals surface area contributed by atoms with Gasteiger partial charge in [-0.05, 0) is 12.7 Å². The van der Waals surface area contributed by atoms with Gasteiger partial charge in [0.1, 0.15) is 0 Å². The van der Waals surface area contributed by atoms with Gasteiger partial charge >= 0.3 is 0 Å². The summed E-state index contributed by atoms with van der Waals surface area (Å²) in [6.07, 6.45) is 0. The molecule has 2 heteroatoms. The maximum Gasteiger partial charge on any atom is 0.0167 e. The molecular formula is C6H15NS. The predicted molar refractivity (Wildman–Crippen MR) is 41.2 cm³/mol. The van der Waals surface area contributed by atoms with Crippen molar-refractivity contribution < 1.29 is 0 Å². The Kier molecular flexibility index (Phi) is 4.38. The highest BCUT2D eigenvalue weighted by atomic mass is 32.2. The quantitative estimate of drug-likeness (QED) is 0.631. The second kappa shape index (κ2) is 4.21. The third-order valence-electron chi connectivity index (χ3n) is 1.17. The number of rotatable bonds is 3. The van der Waals surface area contributed by atoms with Crippen molar-refractivity contribution in [2.45, 2.75) is 32.1 Å². The lowest BCUT2D eigenvalue weighted by Crippen LogP contribution is -2.26. The summed E-state index contributed by atoms with van der Waals surface area (Å²) in [6.45, 7) is 6.37. The van der Waals surface area contributed by atoms with Crippen LogP contribution in [0.4, 0.5) is 0 Å². The normalized spacial score (nSPS) is 18.0. The van der Waals surface area contributed by atoms with Crippen LogP contribution in [0.2, 0.25) is 0 Å². The van der Waals surface area contributed by atoms with E-state index in [0.717, 1.165) is 0 Å². The summed E-state index contributed by atoms with van der Waals surface area (Å²) in [7, 11) is 0. The fourth-order valence-electron chi connectivity index (χ4n) is 0.415. The van der Waals surface area contributed by atoms with E-state index >= 15 is 0 Å². The van der Waals surface area contributed by atoms with Gasteiger partial charge in [0.05, 0.1) is 0 Å². The molecule has 2 unspecified atom stereocenters. The zero-order valence-corrected chi connectivity index (χ0v) is 6.66. The van der Waals surface area contributed by atoms with Crippen molar-refractivity contribution >= 4 is 11.8 Å². The van der Waals surface area contributed by atoms with E-state index in [9.17, 15) is 0 Å². The molecule has 0 aromatic heterocycles. The fourth-order valence-corrected chi connectivity index (χ4v) is 1.24. The Bertz CT molecular complexity index is 54.5. The lowest BCUT2D eigenvalue weighted by molar-refractivity contribution is 0.731. The van der Waals surface area contributed by atoms with E-state index < -0.39 is 0 Å². The molecule has 0 rings (SSSR count). The van der Waals surface area contributed by atoms with E-state index in [2.05, 4.69) is 13.8 Å². The van der Waals surface area contributed by atoms with Crippen molar-refractivity contribution in [1.82, 2.24) is 0 Å². The van der Waals surface area contributed by atoms with E-state index in [4.69, 9.17) is 5.73 Å². The molecule has 0 saturated heterocycles. The molecule has 0 heterocycles. The van der Waals surface area contributed by atoms with Crippen LogP contribution in [0.15, 0.2) is 0 Å². The molecule has 0 fully saturated rings. The Balaban J connectivity index is 3.17. The van der Waals surface area contributed by atoms with Crippen LogP contribution in [0.3, 0.4) is 0 Å². The number of nitrogens with two attached hydrogens (primary N) is 1. The Morgan fingerprint density at radius 1 is 1.50 bits per heavy atom. The molecule has 0 aromatic rings. The molecule has 50 valence electrons. The monoisotopic (exact) mass is 133 g/mol. The average molecular weight is 133 g/mol. The number of thioether (sulfide) groups is 1. The van der Waals surface area contributed by atoms with Crippen molar-refractivity contribution in [3.8, 4) is 0 Å². The Hall–Kier alpha value is 0.310. The topological polar surface area (TPSA) is 26.0 Å². The van der Waals surface area contributed by atoms with Crippen LogP contribution in [-0.4, -0.2) is 17.0 Å². The molecule has 2 atom stereocenters. The minimum absolute atomic E-state index is 0.333. The zero-order chi connectivity index (χ0) is 6.57. The summed E-state index contributed by atoms with van der Waals surface area (Å²) >= 11 is 1.91. The highest BCUT2D eigenvalue weighted by Gasteiger charge is 2.04. The Morgan fingerprint density at radius 3 is 2.12 bits per heavy atom. The van der Waals surface area contributed by atoms with Crippen LogP contribution in [0.5, 0.6) is 0 Å². The van der Waals surface area contributed by atoms with E-state index in [0.29, 0.717) is 11.3 Å². The molecule has 0 aliphatic carbocycles. The molecule has 2 N–H and O–H groups in total. The maximum atomic E-state index is 5.60. The third-order valence-corrected chi connectivity index (χ3v) is 2.46. The first kappa shape index (κ1) is 8.31. The van der Waals surface area contributed by atoms with E-state index in [1.54, 1.807) is 0 Å². The Labute approximate surface area is 56.0 Å². The van der Waals surface area contributed by atoms with Gasteiger partial charge in [-0.15, -0.1) is 0 Å². The van der Waals surface area contributed by atoms with Crippen LogP contribution in [-0.2, 0) is 0 Å². The van der Waals surface area contributed by atoms with Crippen molar-refractivity contribution in [2.75, 3.05) is 5.75 Å². The number of hydrogen-bond donors (Lipinski definition) is 1. The molecule has 0 spiro atoms. The maximum absolute atomic E-state index is 5.60. The van der Waals surface area contributed by atoms with Gasteiger partial charge in [-0.3, -0.25) is 0 Å². The molecule has 1 nitrogen and oxygen atoms in total. The molecule has 0 amide bonds. The van der Waals surface area contributed by atoms with E-state index in [1.807, 2.05) is 18.7 Å². The van der Waals surface area contributed by atoms with E-state index in [1.165, 1.54) is 5.75 Å². The van der Waals surface area contributed by atoms with Crippen LogP contribution in [0, 0.1) is 0 Å².